The highest BCUT2D eigenvalue weighted by molar-refractivity contribution is 6.12. The molecule has 320 valence electrons. The summed E-state index contributed by atoms with van der Waals surface area (Å²) in [5, 5.41) is 25.1. The van der Waals surface area contributed by atoms with Crippen molar-refractivity contribution >= 4 is 35.1 Å². The number of carboxylic acid groups (broad SMARTS) is 2. The summed E-state index contributed by atoms with van der Waals surface area (Å²) in [6.07, 6.45) is 0. The van der Waals surface area contributed by atoms with Gasteiger partial charge in [0.05, 0.1) is 22.3 Å². The van der Waals surface area contributed by atoms with E-state index in [2.05, 4.69) is 24.5 Å². The third kappa shape index (κ3) is 9.98. The molecule has 0 aliphatic carbocycles. The van der Waals surface area contributed by atoms with E-state index < -0.39 is 23.8 Å². The Hall–Kier alpha value is -8.76. The van der Waals surface area contributed by atoms with Gasteiger partial charge in [-0.3, -0.25) is 9.59 Å². The molecule has 0 aliphatic rings. The summed E-state index contributed by atoms with van der Waals surface area (Å²) in [4.78, 5) is 50.5. The fraction of sp³-hybridized carbons (Fsp3) is 0.0545. The van der Waals surface area contributed by atoms with Crippen LogP contribution in [-0.2, 0) is 5.41 Å². The van der Waals surface area contributed by atoms with Crippen molar-refractivity contribution in [2.75, 3.05) is 10.6 Å². The molecular formula is C55H42N2O8. The second-order valence-electron chi connectivity index (χ2n) is 15.7. The molecule has 0 heterocycles. The molecule has 0 radical (unpaired) electrons. The van der Waals surface area contributed by atoms with E-state index in [-0.39, 0.29) is 27.7 Å². The Bertz CT molecular complexity index is 2800. The molecule has 8 rings (SSSR count). The standard InChI is InChI=1S/C55H42N2O8/c1-55(2,39-15-23-43(24-16-39)64-45-27-19-41(20-28-45)56-51(58)49-33-37(13-31-47(49)53(60)61)35-9-5-3-6-10-35)40-17-25-44(26-18-40)65-46-29-21-42(22-30-46)57-52(59)50-34-38(14-32-48(50)54(62)63)36-11-7-4-8-12-36/h3-34H,1-2H3,(H,56,58)(H,57,59)(H,60,61)(H,62,63). The van der Waals surface area contributed by atoms with E-state index in [4.69, 9.17) is 9.47 Å². The Kier molecular flexibility index (Phi) is 12.3. The maximum atomic E-state index is 13.3. The average molecular weight is 859 g/mol. The zero-order chi connectivity index (χ0) is 45.5. The van der Waals surface area contributed by atoms with Crippen molar-refractivity contribution < 1.29 is 38.9 Å². The minimum Gasteiger partial charge on any atom is -0.478 e. The summed E-state index contributed by atoms with van der Waals surface area (Å²) >= 11 is 0. The van der Waals surface area contributed by atoms with E-state index in [0.717, 1.165) is 33.4 Å². The summed E-state index contributed by atoms with van der Waals surface area (Å²) < 4.78 is 12.2. The largest absolute Gasteiger partial charge is 0.478 e. The highest BCUT2D eigenvalue weighted by atomic mass is 16.5. The molecular weight excluding hydrogens is 817 g/mol. The monoisotopic (exact) mass is 858 g/mol. The van der Waals surface area contributed by atoms with Crippen LogP contribution in [-0.4, -0.2) is 34.0 Å². The molecule has 0 aliphatic heterocycles. The van der Waals surface area contributed by atoms with Crippen molar-refractivity contribution in [1.29, 1.82) is 0 Å². The third-order valence-corrected chi connectivity index (χ3v) is 11.1. The van der Waals surface area contributed by atoms with Crippen LogP contribution in [0.25, 0.3) is 22.3 Å². The lowest BCUT2D eigenvalue weighted by Crippen LogP contribution is -2.18. The van der Waals surface area contributed by atoms with Crippen LogP contribution < -0.4 is 20.1 Å². The fourth-order valence-corrected chi connectivity index (χ4v) is 7.39. The quantitative estimate of drug-likeness (QED) is 0.0844. The lowest BCUT2D eigenvalue weighted by atomic mass is 9.78. The van der Waals surface area contributed by atoms with Crippen LogP contribution in [0.2, 0.25) is 0 Å². The van der Waals surface area contributed by atoms with Crippen molar-refractivity contribution in [2.24, 2.45) is 0 Å². The molecule has 2 amide bonds. The van der Waals surface area contributed by atoms with E-state index in [1.165, 1.54) is 12.1 Å². The van der Waals surface area contributed by atoms with Crippen LogP contribution in [0.3, 0.4) is 0 Å². The number of benzene rings is 8. The number of anilines is 2. The highest BCUT2D eigenvalue weighted by Crippen LogP contribution is 2.35. The number of aromatic carboxylic acids is 2. The number of amides is 2. The van der Waals surface area contributed by atoms with Crippen molar-refractivity contribution in [3.63, 3.8) is 0 Å². The van der Waals surface area contributed by atoms with Crippen LogP contribution in [0.15, 0.2) is 194 Å². The molecule has 0 saturated carbocycles. The molecule has 65 heavy (non-hydrogen) atoms. The molecule has 10 heteroatoms. The first kappa shape index (κ1) is 42.9. The Balaban J connectivity index is 0.862. The number of nitrogens with one attached hydrogen (secondary N) is 2. The predicted molar refractivity (Wildman–Crippen MR) is 252 cm³/mol. The molecule has 8 aromatic carbocycles. The van der Waals surface area contributed by atoms with Crippen LogP contribution in [0.4, 0.5) is 11.4 Å². The third-order valence-electron chi connectivity index (χ3n) is 11.1. The van der Waals surface area contributed by atoms with Gasteiger partial charge in [-0.15, -0.1) is 0 Å². The zero-order valence-electron chi connectivity index (χ0n) is 35.3. The highest BCUT2D eigenvalue weighted by Gasteiger charge is 2.24. The van der Waals surface area contributed by atoms with Crippen molar-refractivity contribution in [2.45, 2.75) is 19.3 Å². The SMILES string of the molecule is CC(C)(c1ccc(Oc2ccc(NC(=O)c3cc(-c4ccccc4)ccc3C(=O)O)cc2)cc1)c1ccc(Oc2ccc(NC(=O)c3cc(-c4ccccc4)ccc3C(=O)O)cc2)cc1. The molecule has 0 aromatic heterocycles. The second-order valence-corrected chi connectivity index (χ2v) is 15.7. The van der Waals surface area contributed by atoms with Gasteiger partial charge in [-0.25, -0.2) is 9.59 Å². The number of carbonyl (C=O) groups is 4. The van der Waals surface area contributed by atoms with E-state index in [9.17, 15) is 29.4 Å². The van der Waals surface area contributed by atoms with Gasteiger partial charge < -0.3 is 30.3 Å². The molecule has 0 atom stereocenters. The number of hydrogen-bond donors (Lipinski definition) is 4. The topological polar surface area (TPSA) is 151 Å². The minimum atomic E-state index is -1.19. The van der Waals surface area contributed by atoms with Crippen molar-refractivity contribution in [1.82, 2.24) is 0 Å². The lowest BCUT2D eigenvalue weighted by molar-refractivity contribution is 0.0683. The number of carboxylic acids is 2. The zero-order valence-corrected chi connectivity index (χ0v) is 35.3. The van der Waals surface area contributed by atoms with Gasteiger partial charge in [-0.05, 0) is 130 Å². The summed E-state index contributed by atoms with van der Waals surface area (Å²) in [6, 6.07) is 57.7. The van der Waals surface area contributed by atoms with Crippen LogP contribution in [0, 0.1) is 0 Å². The molecule has 10 nitrogen and oxygen atoms in total. The smallest absolute Gasteiger partial charge is 0.336 e. The molecule has 0 spiro atoms. The maximum absolute atomic E-state index is 13.3. The van der Waals surface area contributed by atoms with Crippen molar-refractivity contribution in [3.8, 4) is 45.3 Å². The van der Waals surface area contributed by atoms with Gasteiger partial charge in [0.25, 0.3) is 11.8 Å². The van der Waals surface area contributed by atoms with Crippen LogP contribution in [0.1, 0.15) is 66.4 Å². The summed E-state index contributed by atoms with van der Waals surface area (Å²) in [7, 11) is 0. The number of rotatable bonds is 14. The minimum absolute atomic E-state index is 0.0571. The van der Waals surface area contributed by atoms with E-state index in [0.29, 0.717) is 34.4 Å². The molecule has 0 unspecified atom stereocenters. The Labute approximate surface area is 375 Å². The first-order valence-corrected chi connectivity index (χ1v) is 20.7. The number of carbonyl (C=O) groups excluding carboxylic acids is 2. The summed E-state index contributed by atoms with van der Waals surface area (Å²) in [6.45, 7) is 4.26. The Morgan fingerprint density at radius 3 is 1.03 bits per heavy atom. The van der Waals surface area contributed by atoms with Crippen molar-refractivity contribution in [3.05, 3.63) is 228 Å². The van der Waals surface area contributed by atoms with E-state index in [1.54, 1.807) is 72.8 Å². The molecule has 0 fully saturated rings. The number of ether oxygens (including phenoxy) is 2. The van der Waals surface area contributed by atoms with Gasteiger partial charge >= 0.3 is 11.9 Å². The molecule has 8 aromatic rings. The molecule has 0 saturated heterocycles. The lowest BCUT2D eigenvalue weighted by Gasteiger charge is -2.26. The van der Waals surface area contributed by atoms with Gasteiger partial charge in [0.2, 0.25) is 0 Å². The van der Waals surface area contributed by atoms with Crippen LogP contribution in [0.5, 0.6) is 23.0 Å². The Morgan fingerprint density at radius 2 is 0.708 bits per heavy atom. The maximum Gasteiger partial charge on any atom is 0.336 e. The summed E-state index contributed by atoms with van der Waals surface area (Å²) in [5.74, 6) is -1.08. The molecule has 0 bridgehead atoms. The van der Waals surface area contributed by atoms with Gasteiger partial charge in [-0.2, -0.15) is 0 Å². The number of hydrogen-bond acceptors (Lipinski definition) is 6. The van der Waals surface area contributed by atoms with E-state index in [1.807, 2.05) is 109 Å². The predicted octanol–water partition coefficient (Wildman–Crippen LogP) is 12.8. The first-order valence-electron chi connectivity index (χ1n) is 20.7. The van der Waals surface area contributed by atoms with Gasteiger partial charge in [-0.1, -0.05) is 111 Å². The van der Waals surface area contributed by atoms with Gasteiger partial charge in [0.1, 0.15) is 23.0 Å². The van der Waals surface area contributed by atoms with E-state index >= 15 is 0 Å². The van der Waals surface area contributed by atoms with Crippen LogP contribution >= 0.6 is 0 Å². The fourth-order valence-electron chi connectivity index (χ4n) is 7.39. The molecule has 4 N–H and O–H groups in total. The van der Waals surface area contributed by atoms with Gasteiger partial charge in [0, 0.05) is 16.8 Å². The second kappa shape index (κ2) is 18.7. The average Bonchev–Trinajstić information content (AvgIpc) is 3.33. The Morgan fingerprint density at radius 1 is 0.385 bits per heavy atom. The summed E-state index contributed by atoms with van der Waals surface area (Å²) in [5.41, 5.74) is 5.87. The normalized spacial score (nSPS) is 11.0. The van der Waals surface area contributed by atoms with Gasteiger partial charge in [0.15, 0.2) is 0 Å². The first-order chi connectivity index (χ1) is 31.4.